The fraction of sp³-hybridized carbons (Fsp3) is 0.0625. The SMILES string of the molecule is O=C(Oc1ccc([N+](=O)[O-])cc1)c1cc2cc(C(F)(F)[P+](=O)O)ccc2s1. The van der Waals surface area contributed by atoms with Gasteiger partial charge in [0.05, 0.1) is 10.5 Å². The summed E-state index contributed by atoms with van der Waals surface area (Å²) in [5.74, 6) is -0.667. The number of nitro groups is 1. The van der Waals surface area contributed by atoms with Gasteiger partial charge in [-0.3, -0.25) is 10.1 Å². The third kappa shape index (κ3) is 3.82. The molecular formula is C16H9F2NO6PS+. The predicted molar refractivity (Wildman–Crippen MR) is 93.6 cm³/mol. The van der Waals surface area contributed by atoms with Crippen LogP contribution < -0.4 is 4.74 Å². The Balaban J connectivity index is 1.85. The van der Waals surface area contributed by atoms with Crippen LogP contribution in [0.15, 0.2) is 48.5 Å². The predicted octanol–water partition coefficient (Wildman–Crippen LogP) is 4.81. The molecular weight excluding hydrogens is 403 g/mol. The number of benzene rings is 2. The number of nitrogens with zero attached hydrogens (tertiary/aromatic N) is 1. The zero-order chi connectivity index (χ0) is 19.8. The van der Waals surface area contributed by atoms with E-state index in [-0.39, 0.29) is 16.3 Å². The second-order valence-electron chi connectivity index (χ2n) is 5.32. The molecule has 138 valence electrons. The molecule has 27 heavy (non-hydrogen) atoms. The number of esters is 1. The van der Waals surface area contributed by atoms with E-state index < -0.39 is 30.1 Å². The van der Waals surface area contributed by atoms with Crippen LogP contribution in [-0.2, 0) is 10.2 Å². The number of halogens is 2. The lowest BCUT2D eigenvalue weighted by atomic mass is 10.1. The molecule has 1 unspecified atom stereocenters. The second kappa shape index (κ2) is 7.07. The molecule has 1 aromatic heterocycles. The van der Waals surface area contributed by atoms with Crippen molar-refractivity contribution in [2.75, 3.05) is 0 Å². The molecule has 0 radical (unpaired) electrons. The number of nitro benzene ring substituents is 1. The maximum atomic E-state index is 13.7. The number of alkyl halides is 2. The van der Waals surface area contributed by atoms with Gasteiger partial charge >= 0.3 is 19.7 Å². The molecule has 3 aromatic rings. The summed E-state index contributed by atoms with van der Waals surface area (Å²) in [6.07, 6.45) is 0. The standard InChI is InChI=1S/C16H8F2NO6PS/c17-16(18,26(23)24)10-1-6-13-9(7-10)8-14(27-13)15(20)25-12-4-2-11(3-5-12)19(21)22/h1-8H/p+1. The summed E-state index contributed by atoms with van der Waals surface area (Å²) in [5, 5.41) is 10.9. The molecule has 0 amide bonds. The summed E-state index contributed by atoms with van der Waals surface area (Å²) in [6.45, 7) is 0. The van der Waals surface area contributed by atoms with Gasteiger partial charge in [-0.1, -0.05) is 0 Å². The molecule has 1 N–H and O–H groups in total. The van der Waals surface area contributed by atoms with Crippen LogP contribution in [0, 0.1) is 10.1 Å². The molecule has 1 atom stereocenters. The van der Waals surface area contributed by atoms with Gasteiger partial charge in [-0.15, -0.1) is 20.1 Å². The summed E-state index contributed by atoms with van der Waals surface area (Å²) in [7, 11) is -3.74. The van der Waals surface area contributed by atoms with Crippen molar-refractivity contribution >= 4 is 41.1 Å². The maximum absolute atomic E-state index is 13.7. The molecule has 0 saturated carbocycles. The first kappa shape index (κ1) is 19.0. The van der Waals surface area contributed by atoms with Gasteiger partial charge in [-0.25, -0.2) is 4.79 Å². The van der Waals surface area contributed by atoms with E-state index in [9.17, 15) is 28.3 Å². The third-order valence-electron chi connectivity index (χ3n) is 3.56. The van der Waals surface area contributed by atoms with E-state index in [4.69, 9.17) is 9.63 Å². The summed E-state index contributed by atoms with van der Waals surface area (Å²) in [6, 6.07) is 9.60. The van der Waals surface area contributed by atoms with E-state index in [1.54, 1.807) is 0 Å². The molecule has 11 heteroatoms. The van der Waals surface area contributed by atoms with Crippen LogP contribution in [0.1, 0.15) is 15.2 Å². The van der Waals surface area contributed by atoms with E-state index in [0.29, 0.717) is 10.1 Å². The highest BCUT2D eigenvalue weighted by atomic mass is 32.1. The first-order valence-electron chi connectivity index (χ1n) is 7.23. The number of ether oxygens (including phenoxy) is 1. The Kier molecular flexibility index (Phi) is 4.97. The van der Waals surface area contributed by atoms with Crippen molar-refractivity contribution in [3.8, 4) is 5.75 Å². The fourth-order valence-corrected chi connectivity index (χ4v) is 3.51. The summed E-state index contributed by atoms with van der Waals surface area (Å²) in [5.41, 5.74) is -4.69. The minimum Gasteiger partial charge on any atom is -0.422 e. The molecule has 3 rings (SSSR count). The molecule has 0 fully saturated rings. The van der Waals surface area contributed by atoms with E-state index in [1.807, 2.05) is 0 Å². The number of hydrogen-bond donors (Lipinski definition) is 1. The van der Waals surface area contributed by atoms with Crippen molar-refractivity contribution in [3.63, 3.8) is 0 Å². The average molecular weight is 412 g/mol. The van der Waals surface area contributed by atoms with Crippen LogP contribution in [0.2, 0.25) is 0 Å². The Morgan fingerprint density at radius 1 is 1.19 bits per heavy atom. The number of thiophene rings is 1. The maximum Gasteiger partial charge on any atom is 0.589 e. The highest BCUT2D eigenvalue weighted by Crippen LogP contribution is 2.48. The van der Waals surface area contributed by atoms with E-state index in [0.717, 1.165) is 23.5 Å². The van der Waals surface area contributed by atoms with Crippen LogP contribution in [-0.4, -0.2) is 15.8 Å². The molecule has 7 nitrogen and oxygen atoms in total. The molecule has 0 bridgehead atoms. The molecule has 0 aliphatic heterocycles. The van der Waals surface area contributed by atoms with Crippen LogP contribution >= 0.6 is 19.4 Å². The molecule has 0 aliphatic carbocycles. The Hall–Kier alpha value is -2.81. The molecule has 0 spiro atoms. The number of carbonyl (C=O) groups is 1. The van der Waals surface area contributed by atoms with Crippen LogP contribution in [0.25, 0.3) is 10.1 Å². The lowest BCUT2D eigenvalue weighted by Crippen LogP contribution is -2.07. The highest BCUT2D eigenvalue weighted by molar-refractivity contribution is 7.39. The van der Waals surface area contributed by atoms with Gasteiger partial charge in [0.25, 0.3) is 5.69 Å². The normalized spacial score (nSPS) is 12.0. The van der Waals surface area contributed by atoms with Gasteiger partial charge in [0.1, 0.15) is 10.6 Å². The number of fused-ring (bicyclic) bond motifs is 1. The summed E-state index contributed by atoms with van der Waals surface area (Å²) in [4.78, 5) is 31.1. The molecule has 0 saturated heterocycles. The van der Waals surface area contributed by atoms with Crippen LogP contribution in [0.4, 0.5) is 14.5 Å². The van der Waals surface area contributed by atoms with Gasteiger partial charge in [-0.05, 0) is 46.3 Å². The van der Waals surface area contributed by atoms with Gasteiger partial charge in [-0.2, -0.15) is 4.89 Å². The third-order valence-corrected chi connectivity index (χ3v) is 5.40. The summed E-state index contributed by atoms with van der Waals surface area (Å²) >= 11 is 0.997. The first-order valence-corrected chi connectivity index (χ1v) is 9.26. The average Bonchev–Trinajstić information content (AvgIpc) is 3.05. The lowest BCUT2D eigenvalue weighted by molar-refractivity contribution is -0.384. The first-order chi connectivity index (χ1) is 12.7. The van der Waals surface area contributed by atoms with Crippen molar-refractivity contribution in [2.24, 2.45) is 0 Å². The van der Waals surface area contributed by atoms with Crippen molar-refractivity contribution in [3.05, 3.63) is 69.1 Å². The van der Waals surface area contributed by atoms with Crippen molar-refractivity contribution in [1.82, 2.24) is 0 Å². The highest BCUT2D eigenvalue weighted by Gasteiger charge is 2.53. The van der Waals surface area contributed by atoms with Crippen molar-refractivity contribution in [1.29, 1.82) is 0 Å². The number of hydrogen-bond acceptors (Lipinski definition) is 6. The van der Waals surface area contributed by atoms with Gasteiger partial charge in [0.2, 0.25) is 0 Å². The zero-order valence-corrected chi connectivity index (χ0v) is 14.9. The van der Waals surface area contributed by atoms with E-state index >= 15 is 0 Å². The Bertz CT molecular complexity index is 1070. The molecule has 0 aliphatic rings. The Labute approximate surface area is 154 Å². The van der Waals surface area contributed by atoms with Gasteiger partial charge in [0.15, 0.2) is 0 Å². The van der Waals surface area contributed by atoms with Crippen LogP contribution in [0.3, 0.4) is 0 Å². The topological polar surface area (TPSA) is 107 Å². The lowest BCUT2D eigenvalue weighted by Gasteiger charge is -2.02. The van der Waals surface area contributed by atoms with E-state index in [1.165, 1.54) is 36.4 Å². The zero-order valence-electron chi connectivity index (χ0n) is 13.2. The van der Waals surface area contributed by atoms with Gasteiger partial charge in [0, 0.05) is 16.8 Å². The smallest absolute Gasteiger partial charge is 0.422 e. The van der Waals surface area contributed by atoms with Crippen molar-refractivity contribution < 1.29 is 32.7 Å². The van der Waals surface area contributed by atoms with Crippen molar-refractivity contribution in [2.45, 2.75) is 5.66 Å². The number of non-ortho nitro benzene ring substituents is 1. The molecule has 2 aromatic carbocycles. The minimum atomic E-state index is -3.90. The number of carbonyl (C=O) groups excluding carboxylic acids is 1. The fourth-order valence-electron chi connectivity index (χ4n) is 2.23. The second-order valence-corrected chi connectivity index (χ2v) is 7.51. The van der Waals surface area contributed by atoms with E-state index in [2.05, 4.69) is 0 Å². The summed E-state index contributed by atoms with van der Waals surface area (Å²) < 4.78 is 43.8. The monoisotopic (exact) mass is 412 g/mol. The quantitative estimate of drug-likeness (QED) is 0.212. The molecule has 1 heterocycles. The van der Waals surface area contributed by atoms with Crippen LogP contribution in [0.5, 0.6) is 5.75 Å². The Morgan fingerprint density at radius 3 is 2.44 bits per heavy atom. The van der Waals surface area contributed by atoms with Gasteiger partial charge < -0.3 is 4.74 Å². The largest absolute Gasteiger partial charge is 0.589 e. The minimum absolute atomic E-state index is 0.0903. The Morgan fingerprint density at radius 2 is 1.85 bits per heavy atom. The number of rotatable bonds is 5.